The lowest BCUT2D eigenvalue weighted by Crippen LogP contribution is -2.21. The molecule has 2 aromatic rings. The van der Waals surface area contributed by atoms with E-state index in [2.05, 4.69) is 19.2 Å². The zero-order chi connectivity index (χ0) is 18.7. The lowest BCUT2D eigenvalue weighted by atomic mass is 10.1. The molecule has 0 bridgehead atoms. The van der Waals surface area contributed by atoms with E-state index in [1.807, 2.05) is 30.1 Å². The van der Waals surface area contributed by atoms with Crippen molar-refractivity contribution in [1.82, 2.24) is 9.97 Å². The Morgan fingerprint density at radius 2 is 2.00 bits per heavy atom. The lowest BCUT2D eigenvalue weighted by molar-refractivity contribution is 0.415. The molecule has 1 aromatic carbocycles. The minimum Gasteiger partial charge on any atom is -0.497 e. The molecule has 0 fully saturated rings. The van der Waals surface area contributed by atoms with Gasteiger partial charge in [-0.1, -0.05) is 25.4 Å². The van der Waals surface area contributed by atoms with Crippen LogP contribution in [0.2, 0.25) is 5.02 Å². The van der Waals surface area contributed by atoms with Crippen molar-refractivity contribution in [2.24, 2.45) is 0 Å². The van der Waals surface area contributed by atoms with E-state index in [9.17, 15) is 0 Å². The molecule has 1 N–H and O–H groups in total. The van der Waals surface area contributed by atoms with E-state index in [-0.39, 0.29) is 0 Å². The molecule has 1 aromatic heterocycles. The van der Waals surface area contributed by atoms with E-state index in [4.69, 9.17) is 26.3 Å². The number of halogens is 1. The van der Waals surface area contributed by atoms with Crippen LogP contribution in [0.4, 0.5) is 17.5 Å². The second-order valence-corrected chi connectivity index (χ2v) is 7.09. The SMILES string of the molecule is CCC(CC)Nc1nc(N(C)c2ccc(OC)cc2Cl)nc2c1CCC2. The average molecular weight is 375 g/mol. The van der Waals surface area contributed by atoms with Crippen molar-refractivity contribution in [3.63, 3.8) is 0 Å². The molecule has 0 amide bonds. The Morgan fingerprint density at radius 1 is 1.23 bits per heavy atom. The van der Waals surface area contributed by atoms with Crippen LogP contribution in [0, 0.1) is 0 Å². The molecule has 0 atom stereocenters. The van der Waals surface area contributed by atoms with Crippen LogP contribution in [0.15, 0.2) is 18.2 Å². The molecule has 1 heterocycles. The van der Waals surface area contributed by atoms with Gasteiger partial charge in [-0.2, -0.15) is 4.98 Å². The molecule has 0 saturated heterocycles. The molecule has 0 spiro atoms. The van der Waals surface area contributed by atoms with Crippen LogP contribution in [0.25, 0.3) is 0 Å². The molecule has 5 nitrogen and oxygen atoms in total. The summed E-state index contributed by atoms with van der Waals surface area (Å²) < 4.78 is 5.24. The molecule has 1 aliphatic rings. The van der Waals surface area contributed by atoms with Gasteiger partial charge in [0.2, 0.25) is 5.95 Å². The standard InChI is InChI=1S/C20H27ClN4O/c1-5-13(6-2)22-19-15-8-7-9-17(15)23-20(24-19)25(3)18-11-10-14(26-4)12-16(18)21/h10-13H,5-9H2,1-4H3,(H,22,23,24). The quantitative estimate of drug-likeness (QED) is 0.739. The van der Waals surface area contributed by atoms with Crippen molar-refractivity contribution in [3.05, 3.63) is 34.5 Å². The fraction of sp³-hybridized carbons (Fsp3) is 0.500. The van der Waals surface area contributed by atoms with E-state index in [0.717, 1.165) is 55.1 Å². The molecule has 6 heteroatoms. The van der Waals surface area contributed by atoms with E-state index in [1.165, 1.54) is 5.56 Å². The number of hydrogen-bond donors (Lipinski definition) is 1. The maximum atomic E-state index is 6.45. The number of fused-ring (bicyclic) bond motifs is 1. The van der Waals surface area contributed by atoms with Crippen LogP contribution in [-0.4, -0.2) is 30.2 Å². The highest BCUT2D eigenvalue weighted by Gasteiger charge is 2.23. The number of anilines is 3. The van der Waals surface area contributed by atoms with E-state index in [0.29, 0.717) is 17.0 Å². The van der Waals surface area contributed by atoms with Crippen LogP contribution in [0.1, 0.15) is 44.4 Å². The maximum Gasteiger partial charge on any atom is 0.231 e. The molecule has 0 saturated carbocycles. The molecule has 0 radical (unpaired) electrons. The number of methoxy groups -OCH3 is 1. The van der Waals surface area contributed by atoms with Crippen LogP contribution < -0.4 is 15.0 Å². The zero-order valence-electron chi connectivity index (χ0n) is 16.0. The van der Waals surface area contributed by atoms with Gasteiger partial charge in [0.15, 0.2) is 0 Å². The summed E-state index contributed by atoms with van der Waals surface area (Å²) in [6, 6.07) is 6.07. The molecule has 0 aliphatic heterocycles. The Kier molecular flexibility index (Phi) is 5.87. The number of nitrogens with one attached hydrogen (secondary N) is 1. The first-order valence-corrected chi connectivity index (χ1v) is 9.68. The fourth-order valence-electron chi connectivity index (χ4n) is 3.37. The van der Waals surface area contributed by atoms with Crippen molar-refractivity contribution in [3.8, 4) is 5.75 Å². The van der Waals surface area contributed by atoms with E-state index in [1.54, 1.807) is 7.11 Å². The molecule has 1 aliphatic carbocycles. The number of aromatic nitrogens is 2. The van der Waals surface area contributed by atoms with Crippen LogP contribution in [-0.2, 0) is 12.8 Å². The zero-order valence-corrected chi connectivity index (χ0v) is 16.7. The van der Waals surface area contributed by atoms with Crippen molar-refractivity contribution in [1.29, 1.82) is 0 Å². The van der Waals surface area contributed by atoms with Crippen LogP contribution in [0.5, 0.6) is 5.75 Å². The summed E-state index contributed by atoms with van der Waals surface area (Å²) in [5.74, 6) is 2.39. The molecular weight excluding hydrogens is 348 g/mol. The molecule has 3 rings (SSSR count). The molecule has 0 unspecified atom stereocenters. The van der Waals surface area contributed by atoms with Gasteiger partial charge in [-0.3, -0.25) is 0 Å². The summed E-state index contributed by atoms with van der Waals surface area (Å²) in [5.41, 5.74) is 3.29. The summed E-state index contributed by atoms with van der Waals surface area (Å²) in [6.07, 6.45) is 5.34. The van der Waals surface area contributed by atoms with E-state index < -0.39 is 0 Å². The Labute approximate surface area is 160 Å². The summed E-state index contributed by atoms with van der Waals surface area (Å²) >= 11 is 6.45. The predicted molar refractivity (Wildman–Crippen MR) is 108 cm³/mol. The summed E-state index contributed by atoms with van der Waals surface area (Å²) in [6.45, 7) is 4.40. The van der Waals surface area contributed by atoms with Gasteiger partial charge in [0, 0.05) is 24.7 Å². The summed E-state index contributed by atoms with van der Waals surface area (Å²) in [7, 11) is 3.58. The average Bonchev–Trinajstić information content (AvgIpc) is 3.14. The number of hydrogen-bond acceptors (Lipinski definition) is 5. The highest BCUT2D eigenvalue weighted by atomic mass is 35.5. The number of ether oxygens (including phenoxy) is 1. The number of rotatable bonds is 7. The Balaban J connectivity index is 1.97. The third-order valence-electron chi connectivity index (χ3n) is 5.06. The maximum absolute atomic E-state index is 6.45. The molecular formula is C20H27ClN4O. The Bertz CT molecular complexity index is 777. The largest absolute Gasteiger partial charge is 0.497 e. The molecule has 140 valence electrons. The first kappa shape index (κ1) is 18.8. The van der Waals surface area contributed by atoms with Gasteiger partial charge in [-0.05, 0) is 44.2 Å². The van der Waals surface area contributed by atoms with Gasteiger partial charge >= 0.3 is 0 Å². The van der Waals surface area contributed by atoms with Crippen molar-refractivity contribution >= 4 is 29.1 Å². The minimum absolute atomic E-state index is 0.428. The van der Waals surface area contributed by atoms with Crippen LogP contribution >= 0.6 is 11.6 Å². The summed E-state index contributed by atoms with van der Waals surface area (Å²) in [4.78, 5) is 11.6. The number of aryl methyl sites for hydroxylation is 1. The third-order valence-corrected chi connectivity index (χ3v) is 5.37. The second-order valence-electron chi connectivity index (χ2n) is 6.69. The second kappa shape index (κ2) is 8.12. The van der Waals surface area contributed by atoms with E-state index >= 15 is 0 Å². The summed E-state index contributed by atoms with van der Waals surface area (Å²) in [5, 5.41) is 4.24. The van der Waals surface area contributed by atoms with Gasteiger partial charge in [-0.25, -0.2) is 4.98 Å². The van der Waals surface area contributed by atoms with Gasteiger partial charge in [0.25, 0.3) is 0 Å². The topological polar surface area (TPSA) is 50.3 Å². The first-order valence-electron chi connectivity index (χ1n) is 9.30. The Morgan fingerprint density at radius 3 is 2.65 bits per heavy atom. The number of benzene rings is 1. The highest BCUT2D eigenvalue weighted by molar-refractivity contribution is 6.33. The number of nitrogens with zero attached hydrogens (tertiary/aromatic N) is 3. The predicted octanol–water partition coefficient (Wildman–Crippen LogP) is 5.00. The monoisotopic (exact) mass is 374 g/mol. The van der Waals surface area contributed by atoms with Crippen molar-refractivity contribution in [2.45, 2.75) is 52.0 Å². The normalized spacial score (nSPS) is 13.0. The van der Waals surface area contributed by atoms with Crippen molar-refractivity contribution < 1.29 is 4.74 Å². The van der Waals surface area contributed by atoms with Gasteiger partial charge in [0.05, 0.1) is 23.5 Å². The van der Waals surface area contributed by atoms with Crippen molar-refractivity contribution in [2.75, 3.05) is 24.4 Å². The smallest absolute Gasteiger partial charge is 0.231 e. The Hall–Kier alpha value is -2.01. The fourth-order valence-corrected chi connectivity index (χ4v) is 3.67. The highest BCUT2D eigenvalue weighted by Crippen LogP contribution is 2.35. The van der Waals surface area contributed by atoms with Gasteiger partial charge < -0.3 is 15.0 Å². The van der Waals surface area contributed by atoms with Gasteiger partial charge in [0.1, 0.15) is 11.6 Å². The molecule has 26 heavy (non-hydrogen) atoms. The van der Waals surface area contributed by atoms with Gasteiger partial charge in [-0.15, -0.1) is 0 Å². The minimum atomic E-state index is 0.428. The van der Waals surface area contributed by atoms with Crippen LogP contribution in [0.3, 0.4) is 0 Å². The first-order chi connectivity index (χ1) is 12.6. The third kappa shape index (κ3) is 3.73. The lowest BCUT2D eigenvalue weighted by Gasteiger charge is -2.23.